The average Bonchev–Trinajstić information content (AvgIpc) is 3.66. The molecule has 0 spiro atoms. The number of hydrogen-bond donors (Lipinski definition) is 3. The second kappa shape index (κ2) is 8.20. The fourth-order valence-corrected chi connectivity index (χ4v) is 3.95. The summed E-state index contributed by atoms with van der Waals surface area (Å²) in [7, 11) is 0. The highest BCUT2D eigenvalue weighted by Crippen LogP contribution is 2.25. The SMILES string of the molecule is O=C(Cc1cnn(Cc2cccc(-c3nn[nH]n3)c2)c1)c1n[nH]c2cc(-c3cn[nH]c3)ccc12. The summed E-state index contributed by atoms with van der Waals surface area (Å²) in [5, 5.41) is 33.3. The third-order valence-corrected chi connectivity index (χ3v) is 5.59. The molecule has 4 aromatic heterocycles. The van der Waals surface area contributed by atoms with E-state index in [0.717, 1.165) is 38.7 Å². The first-order valence-corrected chi connectivity index (χ1v) is 10.6. The Morgan fingerprint density at radius 3 is 2.79 bits per heavy atom. The van der Waals surface area contributed by atoms with Crippen LogP contribution in [0.5, 0.6) is 0 Å². The molecule has 0 aliphatic heterocycles. The number of tetrazole rings is 1. The van der Waals surface area contributed by atoms with Gasteiger partial charge >= 0.3 is 0 Å². The number of aromatic amines is 3. The predicted octanol–water partition coefficient (Wildman–Crippen LogP) is 2.80. The quantitative estimate of drug-likeness (QED) is 0.317. The van der Waals surface area contributed by atoms with Gasteiger partial charge in [-0.15, -0.1) is 10.2 Å². The van der Waals surface area contributed by atoms with Crippen LogP contribution < -0.4 is 0 Å². The van der Waals surface area contributed by atoms with Gasteiger partial charge < -0.3 is 0 Å². The Labute approximate surface area is 192 Å². The van der Waals surface area contributed by atoms with E-state index in [1.54, 1.807) is 17.1 Å². The molecule has 0 unspecified atom stereocenters. The molecule has 0 radical (unpaired) electrons. The Balaban J connectivity index is 1.17. The molecule has 6 aromatic rings. The minimum Gasteiger partial charge on any atom is -0.292 e. The van der Waals surface area contributed by atoms with E-state index in [1.165, 1.54) is 0 Å². The van der Waals surface area contributed by atoms with Crippen molar-refractivity contribution in [1.29, 1.82) is 0 Å². The minimum absolute atomic E-state index is 0.0686. The highest BCUT2D eigenvalue weighted by Gasteiger charge is 2.16. The lowest BCUT2D eigenvalue weighted by molar-refractivity contribution is 0.0989. The zero-order chi connectivity index (χ0) is 22.9. The molecule has 0 saturated heterocycles. The predicted molar refractivity (Wildman–Crippen MR) is 123 cm³/mol. The number of Topliss-reactive ketones (excluding diaryl/α,β-unsaturated/α-hetero) is 1. The van der Waals surface area contributed by atoms with Crippen LogP contribution in [0.1, 0.15) is 21.6 Å². The van der Waals surface area contributed by atoms with Gasteiger partial charge in [-0.25, -0.2) is 0 Å². The van der Waals surface area contributed by atoms with Gasteiger partial charge in [0.1, 0.15) is 5.69 Å². The van der Waals surface area contributed by atoms with Gasteiger partial charge in [-0.1, -0.05) is 24.3 Å². The molecule has 6 rings (SSSR count). The van der Waals surface area contributed by atoms with Gasteiger partial charge in [0.25, 0.3) is 0 Å². The van der Waals surface area contributed by atoms with Crippen LogP contribution in [0.4, 0.5) is 0 Å². The maximum atomic E-state index is 13.0. The fraction of sp³-hybridized carbons (Fsp3) is 0.0870. The number of nitrogens with zero attached hydrogens (tertiary/aromatic N) is 7. The van der Waals surface area contributed by atoms with Crippen LogP contribution in [0.3, 0.4) is 0 Å². The van der Waals surface area contributed by atoms with Crippen molar-refractivity contribution in [3.63, 3.8) is 0 Å². The summed E-state index contributed by atoms with van der Waals surface area (Å²) in [5.41, 5.74) is 5.93. The lowest BCUT2D eigenvalue weighted by atomic mass is 10.0. The van der Waals surface area contributed by atoms with Crippen LogP contribution in [-0.2, 0) is 13.0 Å². The van der Waals surface area contributed by atoms with Gasteiger partial charge in [0.2, 0.25) is 5.82 Å². The van der Waals surface area contributed by atoms with E-state index < -0.39 is 0 Å². The minimum atomic E-state index is -0.0686. The summed E-state index contributed by atoms with van der Waals surface area (Å²) >= 11 is 0. The number of benzene rings is 2. The molecule has 3 N–H and O–H groups in total. The molecule has 0 aliphatic carbocycles. The van der Waals surface area contributed by atoms with Gasteiger partial charge in [-0.2, -0.15) is 20.5 Å². The molecule has 0 fully saturated rings. The van der Waals surface area contributed by atoms with Crippen molar-refractivity contribution in [3.8, 4) is 22.5 Å². The summed E-state index contributed by atoms with van der Waals surface area (Å²) in [5.74, 6) is 0.470. The van der Waals surface area contributed by atoms with E-state index in [1.807, 2.05) is 54.9 Å². The highest BCUT2D eigenvalue weighted by molar-refractivity contribution is 6.07. The van der Waals surface area contributed by atoms with Gasteiger partial charge in [0.15, 0.2) is 5.78 Å². The first-order chi connectivity index (χ1) is 16.7. The van der Waals surface area contributed by atoms with Crippen LogP contribution in [0.2, 0.25) is 0 Å². The molecular weight excluding hydrogens is 432 g/mol. The van der Waals surface area contributed by atoms with E-state index in [-0.39, 0.29) is 12.2 Å². The van der Waals surface area contributed by atoms with Crippen molar-refractivity contribution >= 4 is 16.7 Å². The van der Waals surface area contributed by atoms with E-state index in [9.17, 15) is 4.79 Å². The van der Waals surface area contributed by atoms with E-state index in [4.69, 9.17) is 0 Å². The van der Waals surface area contributed by atoms with Crippen molar-refractivity contribution in [2.45, 2.75) is 13.0 Å². The Morgan fingerprint density at radius 2 is 1.94 bits per heavy atom. The molecule has 0 saturated carbocycles. The number of rotatable bonds is 7. The molecule has 11 nitrogen and oxygen atoms in total. The maximum Gasteiger partial charge on any atom is 0.204 e. The van der Waals surface area contributed by atoms with Crippen molar-refractivity contribution < 1.29 is 4.79 Å². The molecule has 166 valence electrons. The first kappa shape index (κ1) is 19.7. The second-order valence-electron chi connectivity index (χ2n) is 7.90. The monoisotopic (exact) mass is 450 g/mol. The van der Waals surface area contributed by atoms with Crippen molar-refractivity contribution in [3.05, 3.63) is 84.1 Å². The number of H-pyrrole nitrogens is 3. The lowest BCUT2D eigenvalue weighted by Gasteiger charge is -2.03. The molecule has 11 heteroatoms. The van der Waals surface area contributed by atoms with Gasteiger partial charge in [0.05, 0.1) is 24.5 Å². The van der Waals surface area contributed by atoms with Gasteiger partial charge in [-0.05, 0) is 40.1 Å². The topological polar surface area (TPSA) is 147 Å². The van der Waals surface area contributed by atoms with E-state index >= 15 is 0 Å². The van der Waals surface area contributed by atoms with Crippen LogP contribution in [0.25, 0.3) is 33.4 Å². The normalized spacial score (nSPS) is 11.3. The summed E-state index contributed by atoms with van der Waals surface area (Å²) in [6.07, 6.45) is 7.38. The first-order valence-electron chi connectivity index (χ1n) is 10.6. The van der Waals surface area contributed by atoms with Crippen LogP contribution in [-0.4, -0.2) is 56.6 Å². The molecule has 0 amide bonds. The van der Waals surface area contributed by atoms with Crippen molar-refractivity contribution in [2.24, 2.45) is 0 Å². The van der Waals surface area contributed by atoms with Crippen LogP contribution in [0.15, 0.2) is 67.3 Å². The number of carbonyl (C=O) groups excluding carboxylic acids is 1. The van der Waals surface area contributed by atoms with Gasteiger partial charge in [0, 0.05) is 35.3 Å². The summed E-state index contributed by atoms with van der Waals surface area (Å²) in [4.78, 5) is 13.0. The zero-order valence-electron chi connectivity index (χ0n) is 17.8. The average molecular weight is 450 g/mol. The highest BCUT2D eigenvalue weighted by atomic mass is 16.1. The molecule has 4 heterocycles. The maximum absolute atomic E-state index is 13.0. The molecule has 34 heavy (non-hydrogen) atoms. The summed E-state index contributed by atoms with van der Waals surface area (Å²) in [6, 6.07) is 13.7. The zero-order valence-corrected chi connectivity index (χ0v) is 17.8. The largest absolute Gasteiger partial charge is 0.292 e. The molecular formula is C23H18N10O. The third kappa shape index (κ3) is 3.75. The van der Waals surface area contributed by atoms with E-state index in [2.05, 4.69) is 46.1 Å². The Kier molecular flexibility index (Phi) is 4.76. The van der Waals surface area contributed by atoms with E-state index in [0.29, 0.717) is 18.1 Å². The molecule has 0 aliphatic rings. The number of fused-ring (bicyclic) bond motifs is 1. The van der Waals surface area contributed by atoms with Crippen molar-refractivity contribution in [1.82, 2.24) is 50.8 Å². The Morgan fingerprint density at radius 1 is 0.971 bits per heavy atom. The number of aromatic nitrogens is 10. The number of ketones is 1. The Hall–Kier alpha value is -4.93. The van der Waals surface area contributed by atoms with Crippen molar-refractivity contribution in [2.75, 3.05) is 0 Å². The fourth-order valence-electron chi connectivity index (χ4n) is 3.95. The number of hydrogen-bond acceptors (Lipinski definition) is 7. The Bertz CT molecular complexity index is 1580. The lowest BCUT2D eigenvalue weighted by Crippen LogP contribution is -2.04. The van der Waals surface area contributed by atoms with Crippen LogP contribution in [0, 0.1) is 0 Å². The molecule has 0 bridgehead atoms. The number of nitrogens with one attached hydrogen (secondary N) is 3. The van der Waals surface area contributed by atoms with Crippen LogP contribution >= 0.6 is 0 Å². The smallest absolute Gasteiger partial charge is 0.204 e. The third-order valence-electron chi connectivity index (χ3n) is 5.59. The number of carbonyl (C=O) groups is 1. The molecule has 2 aromatic carbocycles. The molecule has 0 atom stereocenters. The van der Waals surface area contributed by atoms with Gasteiger partial charge in [-0.3, -0.25) is 19.7 Å². The standard InChI is InChI=1S/C23H18N10O/c34-21(22-19-5-4-16(8-20(19)27-28-22)18-10-24-25-11-18)7-15-9-26-33(13-15)12-14-2-1-3-17(6-14)23-29-31-32-30-23/h1-6,8-11,13H,7,12H2,(H,24,25)(H,27,28)(H,29,30,31,32). The summed E-state index contributed by atoms with van der Waals surface area (Å²) in [6.45, 7) is 0.558. The summed E-state index contributed by atoms with van der Waals surface area (Å²) < 4.78 is 1.80. The second-order valence-corrected chi connectivity index (χ2v) is 7.90.